The summed E-state index contributed by atoms with van der Waals surface area (Å²) in [6, 6.07) is 5.74. The zero-order valence-corrected chi connectivity index (χ0v) is 9.73. The van der Waals surface area contributed by atoms with Crippen LogP contribution in [0.3, 0.4) is 0 Å². The quantitative estimate of drug-likeness (QED) is 0.811. The topological polar surface area (TPSA) is 20.2 Å². The Morgan fingerprint density at radius 1 is 1.43 bits per heavy atom. The van der Waals surface area contributed by atoms with Crippen LogP contribution in [0.15, 0.2) is 18.2 Å². The van der Waals surface area contributed by atoms with E-state index in [0.29, 0.717) is 0 Å². The lowest BCUT2D eigenvalue weighted by atomic mass is 9.91. The Morgan fingerprint density at radius 3 is 2.57 bits per heavy atom. The number of hydrogen-bond donors (Lipinski definition) is 1. The average Bonchev–Trinajstić information content (AvgIpc) is 2.09. The molecule has 1 aromatic carbocycles. The largest absolute Gasteiger partial charge is 0.385 e. The number of aliphatic hydroxyl groups is 1. The van der Waals surface area contributed by atoms with Crippen molar-refractivity contribution >= 4 is 11.6 Å². The molecule has 78 valence electrons. The highest BCUT2D eigenvalue weighted by molar-refractivity contribution is 6.31. The van der Waals surface area contributed by atoms with E-state index in [-0.39, 0.29) is 0 Å². The van der Waals surface area contributed by atoms with Crippen LogP contribution >= 0.6 is 11.6 Å². The van der Waals surface area contributed by atoms with Crippen LogP contribution in [-0.2, 0) is 5.60 Å². The van der Waals surface area contributed by atoms with Crippen LogP contribution in [-0.4, -0.2) is 5.11 Å². The van der Waals surface area contributed by atoms with E-state index < -0.39 is 5.60 Å². The van der Waals surface area contributed by atoms with Crippen molar-refractivity contribution in [3.05, 3.63) is 34.3 Å². The summed E-state index contributed by atoms with van der Waals surface area (Å²) in [6.07, 6.45) is 1.71. The molecule has 14 heavy (non-hydrogen) atoms. The van der Waals surface area contributed by atoms with E-state index in [9.17, 15) is 5.11 Å². The summed E-state index contributed by atoms with van der Waals surface area (Å²) in [5, 5.41) is 10.9. The highest BCUT2D eigenvalue weighted by atomic mass is 35.5. The number of benzene rings is 1. The molecule has 0 radical (unpaired) electrons. The fourth-order valence-electron chi connectivity index (χ4n) is 1.56. The highest BCUT2D eigenvalue weighted by Gasteiger charge is 2.21. The van der Waals surface area contributed by atoms with Gasteiger partial charge in [0.2, 0.25) is 0 Å². The van der Waals surface area contributed by atoms with Crippen LogP contribution in [0.25, 0.3) is 0 Å². The van der Waals surface area contributed by atoms with Crippen LogP contribution < -0.4 is 0 Å². The molecule has 0 aliphatic rings. The number of halogens is 1. The third kappa shape index (κ3) is 2.49. The molecule has 0 fully saturated rings. The van der Waals surface area contributed by atoms with Gasteiger partial charge in [-0.2, -0.15) is 0 Å². The normalized spacial score (nSPS) is 15.2. The summed E-state index contributed by atoms with van der Waals surface area (Å²) in [7, 11) is 0. The van der Waals surface area contributed by atoms with Gasteiger partial charge >= 0.3 is 0 Å². The molecule has 2 heteroatoms. The van der Waals surface area contributed by atoms with Gasteiger partial charge in [0.1, 0.15) is 0 Å². The molecular weight excluding hydrogens is 196 g/mol. The number of rotatable bonds is 3. The lowest BCUT2D eigenvalue weighted by molar-refractivity contribution is 0.0470. The fourth-order valence-corrected chi connectivity index (χ4v) is 1.74. The van der Waals surface area contributed by atoms with Crippen LogP contribution in [0.4, 0.5) is 0 Å². The molecule has 0 saturated heterocycles. The van der Waals surface area contributed by atoms with Gasteiger partial charge in [-0.25, -0.2) is 0 Å². The number of hydrogen-bond acceptors (Lipinski definition) is 1. The maximum atomic E-state index is 10.1. The van der Waals surface area contributed by atoms with Crippen molar-refractivity contribution in [2.75, 3.05) is 0 Å². The first-order valence-electron chi connectivity index (χ1n) is 4.96. The summed E-state index contributed by atoms with van der Waals surface area (Å²) >= 11 is 6.01. The van der Waals surface area contributed by atoms with E-state index in [2.05, 4.69) is 6.92 Å². The summed E-state index contributed by atoms with van der Waals surface area (Å²) < 4.78 is 0. The Bertz CT molecular complexity index is 318. The minimum Gasteiger partial charge on any atom is -0.385 e. The summed E-state index contributed by atoms with van der Waals surface area (Å²) in [5.41, 5.74) is 1.18. The van der Waals surface area contributed by atoms with Gasteiger partial charge in [-0.05, 0) is 37.5 Å². The maximum absolute atomic E-state index is 10.1. The Kier molecular flexibility index (Phi) is 3.57. The predicted molar refractivity (Wildman–Crippen MR) is 60.7 cm³/mol. The fraction of sp³-hybridized carbons (Fsp3) is 0.500. The Hall–Kier alpha value is -0.530. The summed E-state index contributed by atoms with van der Waals surface area (Å²) in [6.45, 7) is 5.85. The van der Waals surface area contributed by atoms with E-state index in [0.717, 1.165) is 29.0 Å². The van der Waals surface area contributed by atoms with Crippen LogP contribution in [0.5, 0.6) is 0 Å². The van der Waals surface area contributed by atoms with Crippen molar-refractivity contribution in [3.8, 4) is 0 Å². The standard InChI is InChI=1S/C12H17ClO/c1-4-7-12(3,14)10-6-5-9(2)11(13)8-10/h5-6,8,14H,4,7H2,1-3H3. The minimum atomic E-state index is -0.758. The summed E-state index contributed by atoms with van der Waals surface area (Å²) in [4.78, 5) is 0. The van der Waals surface area contributed by atoms with Gasteiger partial charge in [0.15, 0.2) is 0 Å². The molecule has 1 nitrogen and oxygen atoms in total. The molecule has 1 atom stereocenters. The minimum absolute atomic E-state index is 0.721. The zero-order chi connectivity index (χ0) is 10.8. The van der Waals surface area contributed by atoms with Crippen LogP contribution in [0.2, 0.25) is 5.02 Å². The third-order valence-electron chi connectivity index (χ3n) is 2.53. The average molecular weight is 213 g/mol. The molecule has 0 bridgehead atoms. The molecule has 0 heterocycles. The molecule has 0 aliphatic heterocycles. The first kappa shape index (κ1) is 11.5. The first-order chi connectivity index (χ1) is 6.47. The Balaban J connectivity index is 3.01. The van der Waals surface area contributed by atoms with Crippen molar-refractivity contribution < 1.29 is 5.11 Å². The van der Waals surface area contributed by atoms with Crippen molar-refractivity contribution in [2.24, 2.45) is 0 Å². The van der Waals surface area contributed by atoms with E-state index in [4.69, 9.17) is 11.6 Å². The monoisotopic (exact) mass is 212 g/mol. The van der Waals surface area contributed by atoms with Crippen molar-refractivity contribution in [3.63, 3.8) is 0 Å². The molecule has 1 N–H and O–H groups in total. The van der Waals surface area contributed by atoms with Gasteiger partial charge in [0.05, 0.1) is 5.60 Å². The second-order valence-corrected chi connectivity index (χ2v) is 4.40. The lowest BCUT2D eigenvalue weighted by Gasteiger charge is -2.23. The molecule has 1 aromatic rings. The molecular formula is C12H17ClO. The van der Waals surface area contributed by atoms with Gasteiger partial charge in [0, 0.05) is 5.02 Å². The molecule has 0 aromatic heterocycles. The molecule has 0 amide bonds. The van der Waals surface area contributed by atoms with Gasteiger partial charge in [-0.1, -0.05) is 37.1 Å². The SMILES string of the molecule is CCCC(C)(O)c1ccc(C)c(Cl)c1. The van der Waals surface area contributed by atoms with E-state index in [1.807, 2.05) is 32.0 Å². The van der Waals surface area contributed by atoms with Gasteiger partial charge in [-0.15, -0.1) is 0 Å². The Morgan fingerprint density at radius 2 is 2.07 bits per heavy atom. The third-order valence-corrected chi connectivity index (χ3v) is 2.94. The van der Waals surface area contributed by atoms with Crippen molar-refractivity contribution in [1.29, 1.82) is 0 Å². The smallest absolute Gasteiger partial charge is 0.0869 e. The Labute approximate surface area is 90.7 Å². The van der Waals surface area contributed by atoms with Crippen LogP contribution in [0.1, 0.15) is 37.8 Å². The zero-order valence-electron chi connectivity index (χ0n) is 8.97. The van der Waals surface area contributed by atoms with E-state index >= 15 is 0 Å². The number of aryl methyl sites for hydroxylation is 1. The first-order valence-corrected chi connectivity index (χ1v) is 5.34. The lowest BCUT2D eigenvalue weighted by Crippen LogP contribution is -2.20. The van der Waals surface area contributed by atoms with Crippen molar-refractivity contribution in [1.82, 2.24) is 0 Å². The molecule has 0 aliphatic carbocycles. The van der Waals surface area contributed by atoms with Crippen molar-refractivity contribution in [2.45, 2.75) is 39.2 Å². The van der Waals surface area contributed by atoms with E-state index in [1.165, 1.54) is 0 Å². The van der Waals surface area contributed by atoms with Gasteiger partial charge in [-0.3, -0.25) is 0 Å². The second kappa shape index (κ2) is 4.33. The van der Waals surface area contributed by atoms with Crippen LogP contribution in [0, 0.1) is 6.92 Å². The molecule has 0 spiro atoms. The maximum Gasteiger partial charge on any atom is 0.0869 e. The summed E-state index contributed by atoms with van der Waals surface area (Å²) in [5.74, 6) is 0. The molecule has 1 unspecified atom stereocenters. The highest BCUT2D eigenvalue weighted by Crippen LogP contribution is 2.29. The second-order valence-electron chi connectivity index (χ2n) is 3.99. The van der Waals surface area contributed by atoms with Gasteiger partial charge in [0.25, 0.3) is 0 Å². The molecule has 0 saturated carbocycles. The van der Waals surface area contributed by atoms with E-state index in [1.54, 1.807) is 0 Å². The molecule has 1 rings (SSSR count). The predicted octanol–water partition coefficient (Wildman–Crippen LogP) is 3.66. The van der Waals surface area contributed by atoms with Gasteiger partial charge < -0.3 is 5.11 Å².